The van der Waals surface area contributed by atoms with Crippen LogP contribution in [0.5, 0.6) is 0 Å². The van der Waals surface area contributed by atoms with Crippen molar-refractivity contribution in [2.24, 2.45) is 0 Å². The van der Waals surface area contributed by atoms with Gasteiger partial charge in [-0.2, -0.15) is 0 Å². The lowest BCUT2D eigenvalue weighted by atomic mass is 9.94. The first-order valence-electron chi connectivity index (χ1n) is 6.56. The molecule has 0 heterocycles. The molecule has 0 saturated carbocycles. The molecular formula is C13H30N2O. The lowest BCUT2D eigenvalue weighted by molar-refractivity contribution is 0.119. The highest BCUT2D eigenvalue weighted by atomic mass is 16.3. The molecule has 3 heteroatoms. The van der Waals surface area contributed by atoms with E-state index in [-0.39, 0.29) is 12.1 Å². The minimum Gasteiger partial charge on any atom is -0.394 e. The van der Waals surface area contributed by atoms with E-state index in [4.69, 9.17) is 0 Å². The lowest BCUT2D eigenvalue weighted by Crippen LogP contribution is -2.49. The van der Waals surface area contributed by atoms with Crippen molar-refractivity contribution < 1.29 is 5.11 Å². The molecule has 0 bridgehead atoms. The van der Waals surface area contributed by atoms with Crippen molar-refractivity contribution in [3.8, 4) is 0 Å². The number of hydrogen-bond acceptors (Lipinski definition) is 3. The molecule has 2 N–H and O–H groups in total. The van der Waals surface area contributed by atoms with Crippen molar-refractivity contribution in [3.05, 3.63) is 0 Å². The van der Waals surface area contributed by atoms with Crippen LogP contribution >= 0.6 is 0 Å². The highest BCUT2D eigenvalue weighted by Gasteiger charge is 2.26. The van der Waals surface area contributed by atoms with Gasteiger partial charge in [-0.25, -0.2) is 0 Å². The van der Waals surface area contributed by atoms with Gasteiger partial charge in [0.15, 0.2) is 0 Å². The van der Waals surface area contributed by atoms with E-state index in [0.29, 0.717) is 6.04 Å². The van der Waals surface area contributed by atoms with Gasteiger partial charge in [0, 0.05) is 11.6 Å². The summed E-state index contributed by atoms with van der Waals surface area (Å²) in [5.41, 5.74) is -0.154. The molecule has 0 rings (SSSR count). The zero-order valence-corrected chi connectivity index (χ0v) is 11.7. The molecule has 16 heavy (non-hydrogen) atoms. The Bertz CT molecular complexity index is 163. The van der Waals surface area contributed by atoms with E-state index in [2.05, 4.69) is 37.9 Å². The quantitative estimate of drug-likeness (QED) is 0.634. The molecular weight excluding hydrogens is 200 g/mol. The molecule has 0 saturated heterocycles. The summed E-state index contributed by atoms with van der Waals surface area (Å²) in [5.74, 6) is 0. The molecule has 3 nitrogen and oxygen atoms in total. The number of likely N-dealkylation sites (N-methyl/N-ethyl adjacent to an activating group) is 1. The number of nitrogens with zero attached hydrogens (tertiary/aromatic N) is 1. The predicted octanol–water partition coefficient (Wildman–Crippen LogP) is 1.86. The Morgan fingerprint density at radius 2 is 1.75 bits per heavy atom. The van der Waals surface area contributed by atoms with E-state index in [9.17, 15) is 5.11 Å². The minimum absolute atomic E-state index is 0.154. The largest absolute Gasteiger partial charge is 0.394 e. The number of nitrogens with one attached hydrogen (secondary N) is 1. The summed E-state index contributed by atoms with van der Waals surface area (Å²) >= 11 is 0. The van der Waals surface area contributed by atoms with Crippen LogP contribution in [0.2, 0.25) is 0 Å². The van der Waals surface area contributed by atoms with Crippen molar-refractivity contribution >= 4 is 0 Å². The first kappa shape index (κ1) is 15.9. The maximum Gasteiger partial charge on any atom is 0.0611 e. The summed E-state index contributed by atoms with van der Waals surface area (Å²) in [6, 6.07) is 0.518. The summed E-state index contributed by atoms with van der Waals surface area (Å²) in [5, 5.41) is 12.6. The fraction of sp³-hybridized carbons (Fsp3) is 1.00. The summed E-state index contributed by atoms with van der Waals surface area (Å²) < 4.78 is 0. The molecule has 0 spiro atoms. The van der Waals surface area contributed by atoms with Gasteiger partial charge in [0.25, 0.3) is 0 Å². The molecule has 0 radical (unpaired) electrons. The Hall–Kier alpha value is -0.120. The van der Waals surface area contributed by atoms with Crippen LogP contribution in [-0.2, 0) is 0 Å². The summed E-state index contributed by atoms with van der Waals surface area (Å²) in [6.07, 6.45) is 3.37. The maximum absolute atomic E-state index is 9.39. The van der Waals surface area contributed by atoms with Crippen LogP contribution in [0.4, 0.5) is 0 Å². The second-order valence-electron chi connectivity index (χ2n) is 5.06. The fourth-order valence-corrected chi connectivity index (χ4v) is 2.15. The van der Waals surface area contributed by atoms with Crippen molar-refractivity contribution in [2.75, 3.05) is 26.7 Å². The molecule has 2 atom stereocenters. The van der Waals surface area contributed by atoms with Crippen LogP contribution in [-0.4, -0.2) is 48.3 Å². The average Bonchev–Trinajstić information content (AvgIpc) is 2.28. The van der Waals surface area contributed by atoms with Crippen LogP contribution in [0.3, 0.4) is 0 Å². The van der Waals surface area contributed by atoms with E-state index in [1.165, 1.54) is 12.8 Å². The monoisotopic (exact) mass is 230 g/mol. The second kappa shape index (κ2) is 8.04. The minimum atomic E-state index is -0.154. The number of rotatable bonds is 9. The molecule has 98 valence electrons. The molecule has 0 aromatic carbocycles. The van der Waals surface area contributed by atoms with E-state index in [1.54, 1.807) is 0 Å². The van der Waals surface area contributed by atoms with Crippen molar-refractivity contribution in [2.45, 2.75) is 58.5 Å². The molecule has 0 aromatic heterocycles. The molecule has 0 fully saturated rings. The van der Waals surface area contributed by atoms with E-state index in [0.717, 1.165) is 19.5 Å². The van der Waals surface area contributed by atoms with Crippen LogP contribution in [0.25, 0.3) is 0 Å². The van der Waals surface area contributed by atoms with E-state index < -0.39 is 0 Å². The smallest absolute Gasteiger partial charge is 0.0611 e. The first-order valence-corrected chi connectivity index (χ1v) is 6.56. The molecule has 0 aliphatic carbocycles. The highest BCUT2D eigenvalue weighted by molar-refractivity contribution is 4.85. The average molecular weight is 230 g/mol. The van der Waals surface area contributed by atoms with Gasteiger partial charge in [0.05, 0.1) is 6.61 Å². The topological polar surface area (TPSA) is 35.5 Å². The van der Waals surface area contributed by atoms with Crippen molar-refractivity contribution in [3.63, 3.8) is 0 Å². The highest BCUT2D eigenvalue weighted by Crippen LogP contribution is 2.16. The Morgan fingerprint density at radius 3 is 2.06 bits per heavy atom. The maximum atomic E-state index is 9.39. The summed E-state index contributed by atoms with van der Waals surface area (Å²) in [6.45, 7) is 11.3. The predicted molar refractivity (Wildman–Crippen MR) is 70.8 cm³/mol. The van der Waals surface area contributed by atoms with Gasteiger partial charge in [0.2, 0.25) is 0 Å². The Balaban J connectivity index is 4.31. The summed E-state index contributed by atoms with van der Waals surface area (Å²) in [7, 11) is 1.92. The number of aliphatic hydroxyl groups is 1. The third kappa shape index (κ3) is 5.28. The molecule has 0 aliphatic heterocycles. The van der Waals surface area contributed by atoms with Crippen LogP contribution in [0, 0.1) is 0 Å². The normalized spacial score (nSPS) is 17.4. The van der Waals surface area contributed by atoms with Crippen LogP contribution < -0.4 is 5.32 Å². The fourth-order valence-electron chi connectivity index (χ4n) is 2.15. The standard InChI is InChI=1S/C13H30N2O/c1-6-8-15(9-7-2)12(3)10-13(4,11-16)14-5/h12,14,16H,6-11H2,1-5H3. The lowest BCUT2D eigenvalue weighted by Gasteiger charge is -2.36. The number of aliphatic hydroxyl groups excluding tert-OH is 1. The Labute approximate surface area is 101 Å². The molecule has 0 aliphatic rings. The van der Waals surface area contributed by atoms with Gasteiger partial charge in [-0.1, -0.05) is 13.8 Å². The second-order valence-corrected chi connectivity index (χ2v) is 5.06. The van der Waals surface area contributed by atoms with Gasteiger partial charge >= 0.3 is 0 Å². The molecule has 0 aromatic rings. The van der Waals surface area contributed by atoms with Gasteiger partial charge in [-0.05, 0) is 53.2 Å². The molecule has 2 unspecified atom stereocenters. The number of hydrogen-bond donors (Lipinski definition) is 2. The first-order chi connectivity index (χ1) is 7.52. The third-order valence-corrected chi connectivity index (χ3v) is 3.34. The van der Waals surface area contributed by atoms with Gasteiger partial charge < -0.3 is 15.3 Å². The van der Waals surface area contributed by atoms with E-state index >= 15 is 0 Å². The SMILES string of the molecule is CCCN(CCC)C(C)CC(C)(CO)NC. The van der Waals surface area contributed by atoms with Crippen LogP contribution in [0.1, 0.15) is 47.0 Å². The Morgan fingerprint density at radius 1 is 1.25 bits per heavy atom. The zero-order chi connectivity index (χ0) is 12.6. The third-order valence-electron chi connectivity index (χ3n) is 3.34. The van der Waals surface area contributed by atoms with Crippen LogP contribution in [0.15, 0.2) is 0 Å². The van der Waals surface area contributed by atoms with Crippen molar-refractivity contribution in [1.29, 1.82) is 0 Å². The summed E-state index contributed by atoms with van der Waals surface area (Å²) in [4.78, 5) is 2.52. The van der Waals surface area contributed by atoms with E-state index in [1.807, 2.05) is 7.05 Å². The molecule has 0 amide bonds. The van der Waals surface area contributed by atoms with Gasteiger partial charge in [-0.3, -0.25) is 0 Å². The zero-order valence-electron chi connectivity index (χ0n) is 11.7. The van der Waals surface area contributed by atoms with Gasteiger partial charge in [0.1, 0.15) is 0 Å². The van der Waals surface area contributed by atoms with Gasteiger partial charge in [-0.15, -0.1) is 0 Å². The van der Waals surface area contributed by atoms with Crippen molar-refractivity contribution in [1.82, 2.24) is 10.2 Å². The Kier molecular flexibility index (Phi) is 7.98.